The lowest BCUT2D eigenvalue weighted by Crippen LogP contribution is -2.03. The second kappa shape index (κ2) is 5.25. The number of nitrogens with zero attached hydrogens (tertiary/aromatic N) is 3. The number of hydrogen-bond donors (Lipinski definition) is 1. The van der Waals surface area contributed by atoms with Crippen LogP contribution >= 0.6 is 0 Å². The molecule has 2 aromatic heterocycles. The van der Waals surface area contributed by atoms with Crippen LogP contribution in [0.5, 0.6) is 0 Å². The molecule has 2 heterocycles. The first-order valence-corrected chi connectivity index (χ1v) is 6.63. The highest BCUT2D eigenvalue weighted by atomic mass is 16.4. The number of pyridine rings is 1. The Labute approximate surface area is 122 Å². The highest BCUT2D eigenvalue weighted by Gasteiger charge is 2.10. The van der Waals surface area contributed by atoms with Crippen LogP contribution in [0.3, 0.4) is 0 Å². The molecule has 5 nitrogen and oxygen atoms in total. The molecule has 0 fully saturated rings. The Bertz CT molecular complexity index is 826. The molecule has 0 amide bonds. The van der Waals surface area contributed by atoms with Gasteiger partial charge in [0.2, 0.25) is 5.89 Å². The van der Waals surface area contributed by atoms with Gasteiger partial charge in [-0.15, -0.1) is 0 Å². The summed E-state index contributed by atoms with van der Waals surface area (Å²) in [6.45, 7) is 4.22. The highest BCUT2D eigenvalue weighted by Crippen LogP contribution is 2.25. The molecule has 104 valence electrons. The summed E-state index contributed by atoms with van der Waals surface area (Å²) in [6, 6.07) is 9.87. The number of fused-ring (bicyclic) bond motifs is 1. The van der Waals surface area contributed by atoms with Gasteiger partial charge in [-0.05, 0) is 19.9 Å². The third-order valence-corrected chi connectivity index (χ3v) is 3.39. The van der Waals surface area contributed by atoms with Crippen LogP contribution in [0.4, 0.5) is 5.69 Å². The molecule has 0 radical (unpaired) electrons. The molecule has 1 N–H and O–H groups in total. The molecule has 21 heavy (non-hydrogen) atoms. The Morgan fingerprint density at radius 1 is 1.29 bits per heavy atom. The molecular formula is C16H14N4O. The lowest BCUT2D eigenvalue weighted by atomic mass is 10.1. The molecule has 5 heteroatoms. The minimum absolute atomic E-state index is 0.428. The smallest absolute Gasteiger partial charge is 0.213 e. The lowest BCUT2D eigenvalue weighted by molar-refractivity contribution is 0.478. The molecule has 3 aromatic rings. The molecular weight excluding hydrogens is 264 g/mol. The zero-order valence-corrected chi connectivity index (χ0v) is 11.8. The average Bonchev–Trinajstić information content (AvgIpc) is 2.83. The van der Waals surface area contributed by atoms with E-state index in [1.807, 2.05) is 38.1 Å². The summed E-state index contributed by atoms with van der Waals surface area (Å²) >= 11 is 0. The standard InChI is InChI=1S/C16H14N4O/c1-10-11(2)21-15(20-10)9-19-16-12(7-17)8-18-14-6-4-3-5-13(14)16/h3-6,8H,9H2,1-2H3,(H,18,19). The van der Waals surface area contributed by atoms with Crippen molar-refractivity contribution in [3.8, 4) is 6.07 Å². The van der Waals surface area contributed by atoms with Gasteiger partial charge in [-0.1, -0.05) is 18.2 Å². The molecule has 0 spiro atoms. The van der Waals surface area contributed by atoms with Crippen LogP contribution in [-0.2, 0) is 6.54 Å². The molecule has 0 saturated heterocycles. The van der Waals surface area contributed by atoms with E-state index >= 15 is 0 Å². The molecule has 0 aliphatic rings. The number of nitriles is 1. The summed E-state index contributed by atoms with van der Waals surface area (Å²) in [6.07, 6.45) is 1.58. The zero-order chi connectivity index (χ0) is 14.8. The monoisotopic (exact) mass is 278 g/mol. The van der Waals surface area contributed by atoms with Gasteiger partial charge < -0.3 is 9.73 Å². The van der Waals surface area contributed by atoms with Gasteiger partial charge in [-0.2, -0.15) is 5.26 Å². The molecule has 0 atom stereocenters. The molecule has 0 bridgehead atoms. The maximum absolute atomic E-state index is 9.25. The van der Waals surface area contributed by atoms with Crippen molar-refractivity contribution in [3.05, 3.63) is 53.4 Å². The van der Waals surface area contributed by atoms with Gasteiger partial charge in [0.1, 0.15) is 11.8 Å². The number of nitrogens with one attached hydrogen (secondary N) is 1. The van der Waals surface area contributed by atoms with Crippen LogP contribution in [0.25, 0.3) is 10.9 Å². The Morgan fingerprint density at radius 3 is 2.81 bits per heavy atom. The second-order valence-corrected chi connectivity index (χ2v) is 4.78. The number of aromatic nitrogens is 2. The third-order valence-electron chi connectivity index (χ3n) is 3.39. The van der Waals surface area contributed by atoms with Crippen molar-refractivity contribution in [2.45, 2.75) is 20.4 Å². The van der Waals surface area contributed by atoms with Crippen molar-refractivity contribution < 1.29 is 4.42 Å². The number of hydrogen-bond acceptors (Lipinski definition) is 5. The van der Waals surface area contributed by atoms with E-state index in [9.17, 15) is 5.26 Å². The van der Waals surface area contributed by atoms with Crippen molar-refractivity contribution in [2.75, 3.05) is 5.32 Å². The third kappa shape index (κ3) is 2.43. The molecule has 3 rings (SSSR count). The normalized spacial score (nSPS) is 10.5. The predicted octanol–water partition coefficient (Wildman–Crippen LogP) is 3.32. The summed E-state index contributed by atoms with van der Waals surface area (Å²) in [5.41, 5.74) is 3.00. The maximum atomic E-state index is 9.25. The highest BCUT2D eigenvalue weighted by molar-refractivity contribution is 5.93. The Morgan fingerprint density at radius 2 is 2.10 bits per heavy atom. The summed E-state index contributed by atoms with van der Waals surface area (Å²) < 4.78 is 5.55. The average molecular weight is 278 g/mol. The molecule has 1 aromatic carbocycles. The van der Waals surface area contributed by atoms with Gasteiger partial charge in [-0.3, -0.25) is 4.98 Å². The van der Waals surface area contributed by atoms with E-state index in [1.54, 1.807) is 6.20 Å². The van der Waals surface area contributed by atoms with E-state index in [-0.39, 0.29) is 0 Å². The number of oxazole rings is 1. The van der Waals surface area contributed by atoms with Gasteiger partial charge in [-0.25, -0.2) is 4.98 Å². The number of rotatable bonds is 3. The summed E-state index contributed by atoms with van der Waals surface area (Å²) in [7, 11) is 0. The van der Waals surface area contributed by atoms with E-state index in [0.717, 1.165) is 28.0 Å². The number of para-hydroxylation sites is 1. The summed E-state index contributed by atoms with van der Waals surface area (Å²) in [5, 5.41) is 13.4. The number of aryl methyl sites for hydroxylation is 2. The minimum atomic E-state index is 0.428. The number of anilines is 1. The van der Waals surface area contributed by atoms with E-state index < -0.39 is 0 Å². The topological polar surface area (TPSA) is 74.7 Å². The van der Waals surface area contributed by atoms with Crippen molar-refractivity contribution in [3.63, 3.8) is 0 Å². The minimum Gasteiger partial charge on any atom is -0.444 e. The van der Waals surface area contributed by atoms with Crippen molar-refractivity contribution in [1.82, 2.24) is 9.97 Å². The van der Waals surface area contributed by atoms with Crippen LogP contribution < -0.4 is 5.32 Å². The van der Waals surface area contributed by atoms with Crippen LogP contribution in [0.2, 0.25) is 0 Å². The second-order valence-electron chi connectivity index (χ2n) is 4.78. The maximum Gasteiger partial charge on any atom is 0.213 e. The lowest BCUT2D eigenvalue weighted by Gasteiger charge is -2.09. The Kier molecular flexibility index (Phi) is 3.28. The van der Waals surface area contributed by atoms with Crippen LogP contribution in [-0.4, -0.2) is 9.97 Å². The quantitative estimate of drug-likeness (QED) is 0.795. The predicted molar refractivity (Wildman–Crippen MR) is 79.8 cm³/mol. The van der Waals surface area contributed by atoms with E-state index in [1.165, 1.54) is 0 Å². The molecule has 0 unspecified atom stereocenters. The summed E-state index contributed by atoms with van der Waals surface area (Å²) in [4.78, 5) is 8.62. The van der Waals surface area contributed by atoms with Crippen molar-refractivity contribution in [1.29, 1.82) is 5.26 Å². The van der Waals surface area contributed by atoms with Crippen LogP contribution in [0.15, 0.2) is 34.9 Å². The Hall–Kier alpha value is -2.87. The van der Waals surface area contributed by atoms with E-state index in [2.05, 4.69) is 21.4 Å². The first-order chi connectivity index (χ1) is 10.2. The first-order valence-electron chi connectivity index (χ1n) is 6.63. The van der Waals surface area contributed by atoms with Gasteiger partial charge in [0.15, 0.2) is 0 Å². The number of benzene rings is 1. The van der Waals surface area contributed by atoms with Gasteiger partial charge in [0.25, 0.3) is 0 Å². The fourth-order valence-electron chi connectivity index (χ4n) is 2.20. The fourth-order valence-corrected chi connectivity index (χ4v) is 2.20. The zero-order valence-electron chi connectivity index (χ0n) is 11.8. The van der Waals surface area contributed by atoms with Crippen molar-refractivity contribution >= 4 is 16.6 Å². The van der Waals surface area contributed by atoms with E-state index in [0.29, 0.717) is 18.0 Å². The molecule has 0 aliphatic carbocycles. The van der Waals surface area contributed by atoms with Crippen LogP contribution in [0, 0.1) is 25.2 Å². The van der Waals surface area contributed by atoms with Crippen molar-refractivity contribution in [2.24, 2.45) is 0 Å². The SMILES string of the molecule is Cc1nc(CNc2c(C#N)cnc3ccccc23)oc1C. The first kappa shape index (κ1) is 13.1. The molecule has 0 saturated carbocycles. The largest absolute Gasteiger partial charge is 0.444 e. The summed E-state index contributed by atoms with van der Waals surface area (Å²) in [5.74, 6) is 1.42. The van der Waals surface area contributed by atoms with Gasteiger partial charge in [0.05, 0.1) is 29.0 Å². The Balaban J connectivity index is 1.97. The van der Waals surface area contributed by atoms with Gasteiger partial charge in [0, 0.05) is 11.6 Å². The molecule has 0 aliphatic heterocycles. The van der Waals surface area contributed by atoms with Crippen LogP contribution in [0.1, 0.15) is 22.9 Å². The fraction of sp³-hybridized carbons (Fsp3) is 0.188. The van der Waals surface area contributed by atoms with Gasteiger partial charge >= 0.3 is 0 Å². The van der Waals surface area contributed by atoms with E-state index in [4.69, 9.17) is 4.42 Å².